The maximum absolute atomic E-state index is 12.2. The van der Waals surface area contributed by atoms with E-state index in [9.17, 15) is 4.79 Å². The topological polar surface area (TPSA) is 32.3 Å². The maximum atomic E-state index is 12.2. The minimum Gasteiger partial charge on any atom is -0.360 e. The number of thioether (sulfide) groups is 1. The fraction of sp³-hybridized carbons (Fsp3) is 0.562. The van der Waals surface area contributed by atoms with Gasteiger partial charge in [0.25, 0.3) is 0 Å². The van der Waals surface area contributed by atoms with E-state index in [1.165, 1.54) is 23.4 Å². The molecule has 4 heteroatoms. The molecule has 1 atom stereocenters. The Labute approximate surface area is 125 Å². The van der Waals surface area contributed by atoms with E-state index in [2.05, 4.69) is 41.4 Å². The quantitative estimate of drug-likeness (QED) is 0.928. The summed E-state index contributed by atoms with van der Waals surface area (Å²) in [4.78, 5) is 15.7. The van der Waals surface area contributed by atoms with E-state index in [1.54, 1.807) is 0 Å². The van der Waals surface area contributed by atoms with Crippen molar-refractivity contribution in [2.24, 2.45) is 0 Å². The van der Waals surface area contributed by atoms with Gasteiger partial charge in [-0.25, -0.2) is 0 Å². The number of anilines is 1. The number of nitrogens with zero attached hydrogens (tertiary/aromatic N) is 1. The largest absolute Gasteiger partial charge is 0.360 e. The molecule has 1 aromatic carbocycles. The summed E-state index contributed by atoms with van der Waals surface area (Å²) in [7, 11) is 0. The number of benzene rings is 1. The molecule has 108 valence electrons. The van der Waals surface area contributed by atoms with Crippen molar-refractivity contribution in [3.8, 4) is 0 Å². The second-order valence-electron chi connectivity index (χ2n) is 5.83. The number of fused-ring (bicyclic) bond motifs is 1. The Balaban J connectivity index is 1.66. The summed E-state index contributed by atoms with van der Waals surface area (Å²) >= 11 is 1.90. The molecule has 1 N–H and O–H groups in total. The van der Waals surface area contributed by atoms with Gasteiger partial charge in [-0.3, -0.25) is 4.79 Å². The van der Waals surface area contributed by atoms with E-state index in [4.69, 9.17) is 0 Å². The molecule has 1 unspecified atom stereocenters. The second kappa shape index (κ2) is 6.08. The van der Waals surface area contributed by atoms with Crippen molar-refractivity contribution < 1.29 is 4.79 Å². The van der Waals surface area contributed by atoms with Crippen LogP contribution in [0.1, 0.15) is 32.6 Å². The van der Waals surface area contributed by atoms with Crippen LogP contribution in [0.2, 0.25) is 0 Å². The van der Waals surface area contributed by atoms with Gasteiger partial charge in [0.1, 0.15) is 0 Å². The number of nitrogens with one attached hydrogen (secondary N) is 1. The van der Waals surface area contributed by atoms with E-state index in [0.29, 0.717) is 17.8 Å². The molecule has 1 aromatic rings. The third-order valence-corrected chi connectivity index (χ3v) is 5.22. The van der Waals surface area contributed by atoms with Gasteiger partial charge in [0, 0.05) is 22.7 Å². The van der Waals surface area contributed by atoms with Gasteiger partial charge < -0.3 is 10.2 Å². The minimum atomic E-state index is 0.172. The Bertz CT molecular complexity index is 485. The van der Waals surface area contributed by atoms with Crippen LogP contribution in [0.5, 0.6) is 0 Å². The third-order valence-electron chi connectivity index (χ3n) is 4.07. The molecule has 1 heterocycles. The van der Waals surface area contributed by atoms with E-state index >= 15 is 0 Å². The normalized spacial score (nSPS) is 22.6. The number of carbonyl (C=O) groups excluding carboxylic acids is 1. The lowest BCUT2D eigenvalue weighted by Crippen LogP contribution is -2.44. The zero-order chi connectivity index (χ0) is 13.9. The summed E-state index contributed by atoms with van der Waals surface area (Å²) in [6.45, 7) is 3.65. The van der Waals surface area contributed by atoms with Crippen LogP contribution in [-0.4, -0.2) is 30.3 Å². The van der Waals surface area contributed by atoms with Crippen molar-refractivity contribution in [2.45, 2.75) is 48.8 Å². The molecule has 3 rings (SSSR count). The van der Waals surface area contributed by atoms with Gasteiger partial charge in [0.05, 0.1) is 12.2 Å². The van der Waals surface area contributed by atoms with E-state index in [-0.39, 0.29) is 5.91 Å². The summed E-state index contributed by atoms with van der Waals surface area (Å²) in [5.41, 5.74) is 1.21. The van der Waals surface area contributed by atoms with Crippen LogP contribution in [0.15, 0.2) is 29.2 Å². The average Bonchev–Trinajstić information content (AvgIpc) is 2.91. The van der Waals surface area contributed by atoms with Crippen LogP contribution in [0.4, 0.5) is 5.69 Å². The molecule has 3 nitrogen and oxygen atoms in total. The molecule has 20 heavy (non-hydrogen) atoms. The molecule has 0 spiro atoms. The van der Waals surface area contributed by atoms with Crippen molar-refractivity contribution in [1.82, 2.24) is 5.32 Å². The predicted octanol–water partition coefficient (Wildman–Crippen LogP) is 3.05. The Hall–Kier alpha value is -1.16. The number of hydrogen-bond donors (Lipinski definition) is 1. The molecule has 1 amide bonds. The molecule has 1 saturated carbocycles. The monoisotopic (exact) mass is 290 g/mol. The first kappa shape index (κ1) is 13.8. The van der Waals surface area contributed by atoms with Crippen molar-refractivity contribution in [3.63, 3.8) is 0 Å². The SMILES string of the molecule is CC1CN(CC(=O)NC2CCCC2)c2ccccc2S1. The first-order valence-electron chi connectivity index (χ1n) is 7.52. The second-order valence-corrected chi connectivity index (χ2v) is 7.31. The lowest BCUT2D eigenvalue weighted by Gasteiger charge is -2.34. The Morgan fingerprint density at radius 2 is 2.10 bits per heavy atom. The van der Waals surface area contributed by atoms with E-state index in [0.717, 1.165) is 19.4 Å². The van der Waals surface area contributed by atoms with Gasteiger partial charge in [-0.1, -0.05) is 31.9 Å². The fourth-order valence-electron chi connectivity index (χ4n) is 3.15. The summed E-state index contributed by atoms with van der Waals surface area (Å²) in [6, 6.07) is 8.81. The van der Waals surface area contributed by atoms with Crippen LogP contribution in [-0.2, 0) is 4.79 Å². The number of rotatable bonds is 3. The van der Waals surface area contributed by atoms with Crippen LogP contribution in [0.3, 0.4) is 0 Å². The van der Waals surface area contributed by atoms with Crippen LogP contribution in [0, 0.1) is 0 Å². The van der Waals surface area contributed by atoms with Gasteiger partial charge in [-0.05, 0) is 25.0 Å². The lowest BCUT2D eigenvalue weighted by atomic mass is 10.2. The van der Waals surface area contributed by atoms with Crippen molar-refractivity contribution >= 4 is 23.4 Å². The van der Waals surface area contributed by atoms with Crippen LogP contribution in [0.25, 0.3) is 0 Å². The number of amides is 1. The van der Waals surface area contributed by atoms with Gasteiger partial charge >= 0.3 is 0 Å². The summed E-state index contributed by atoms with van der Waals surface area (Å²) in [6.07, 6.45) is 4.81. The minimum absolute atomic E-state index is 0.172. The Kier molecular flexibility index (Phi) is 4.20. The van der Waals surface area contributed by atoms with Crippen molar-refractivity contribution in [1.29, 1.82) is 0 Å². The smallest absolute Gasteiger partial charge is 0.239 e. The first-order chi connectivity index (χ1) is 9.72. The maximum Gasteiger partial charge on any atom is 0.239 e. The van der Waals surface area contributed by atoms with Crippen molar-refractivity contribution in [2.75, 3.05) is 18.0 Å². The molecule has 0 bridgehead atoms. The molecule has 1 fully saturated rings. The molecular formula is C16H22N2OS. The molecule has 2 aliphatic rings. The third kappa shape index (κ3) is 3.11. The standard InChI is InChI=1S/C16H22N2OS/c1-12-10-18(14-8-4-5-9-15(14)20-12)11-16(19)17-13-6-2-3-7-13/h4-5,8-9,12-13H,2-3,6-7,10-11H2,1H3,(H,17,19). The zero-order valence-corrected chi connectivity index (χ0v) is 12.8. The van der Waals surface area contributed by atoms with Crippen molar-refractivity contribution in [3.05, 3.63) is 24.3 Å². The van der Waals surface area contributed by atoms with Gasteiger partial charge in [0.15, 0.2) is 0 Å². The fourth-order valence-corrected chi connectivity index (χ4v) is 4.31. The summed E-state index contributed by atoms with van der Waals surface area (Å²) in [5.74, 6) is 0.172. The Morgan fingerprint density at radius 1 is 1.35 bits per heavy atom. The predicted molar refractivity (Wildman–Crippen MR) is 84.4 cm³/mol. The Morgan fingerprint density at radius 3 is 2.90 bits per heavy atom. The molecule has 0 saturated heterocycles. The van der Waals surface area contributed by atoms with E-state index < -0.39 is 0 Å². The number of para-hydroxylation sites is 1. The highest BCUT2D eigenvalue weighted by atomic mass is 32.2. The molecular weight excluding hydrogens is 268 g/mol. The number of carbonyl (C=O) groups is 1. The highest BCUT2D eigenvalue weighted by Gasteiger charge is 2.24. The van der Waals surface area contributed by atoms with Crippen LogP contribution >= 0.6 is 11.8 Å². The molecule has 0 aromatic heterocycles. The zero-order valence-electron chi connectivity index (χ0n) is 12.0. The highest BCUT2D eigenvalue weighted by Crippen LogP contribution is 2.37. The average molecular weight is 290 g/mol. The van der Waals surface area contributed by atoms with Crippen LogP contribution < -0.4 is 10.2 Å². The first-order valence-corrected chi connectivity index (χ1v) is 8.40. The number of hydrogen-bond acceptors (Lipinski definition) is 3. The lowest BCUT2D eigenvalue weighted by molar-refractivity contribution is -0.120. The van der Waals surface area contributed by atoms with Gasteiger partial charge in [-0.2, -0.15) is 0 Å². The molecule has 1 aliphatic heterocycles. The molecule has 1 aliphatic carbocycles. The summed E-state index contributed by atoms with van der Waals surface area (Å²) in [5, 5.41) is 3.72. The molecule has 0 radical (unpaired) electrons. The highest BCUT2D eigenvalue weighted by molar-refractivity contribution is 8.00. The van der Waals surface area contributed by atoms with Gasteiger partial charge in [0.2, 0.25) is 5.91 Å². The summed E-state index contributed by atoms with van der Waals surface area (Å²) < 4.78 is 0. The van der Waals surface area contributed by atoms with Gasteiger partial charge in [-0.15, -0.1) is 11.8 Å². The van der Waals surface area contributed by atoms with E-state index in [1.807, 2.05) is 11.8 Å².